The average Bonchev–Trinajstić information content (AvgIpc) is 3.08. The number of hydrogen-bond acceptors (Lipinski definition) is 10. The largest absolute Gasteiger partial charge is 1.00 e. The van der Waals surface area contributed by atoms with Gasteiger partial charge in [-0.25, -0.2) is 4.98 Å². The molecule has 1 aromatic rings. The first-order chi connectivity index (χ1) is 12.8. The summed E-state index contributed by atoms with van der Waals surface area (Å²) in [7, 11) is 1.28. The number of nitrogens with zero attached hydrogens (tertiary/aromatic N) is 3. The molecule has 144 valence electrons. The number of amides is 2. The molecule has 3 rings (SSSR count). The molecule has 0 spiro atoms. The normalized spacial score (nSPS) is 26.4. The maximum Gasteiger partial charge on any atom is 1.00 e. The second kappa shape index (κ2) is 8.82. The number of anilines is 1. The third kappa shape index (κ3) is 3.92. The summed E-state index contributed by atoms with van der Waals surface area (Å²) in [6.07, 6.45) is 1.29. The summed E-state index contributed by atoms with van der Waals surface area (Å²) in [5.41, 5.74) is 4.41. The van der Waals surface area contributed by atoms with Crippen LogP contribution >= 0.6 is 23.1 Å². The zero-order valence-corrected chi connectivity index (χ0v) is 18.8. The van der Waals surface area contributed by atoms with Crippen LogP contribution in [0.5, 0.6) is 0 Å². The summed E-state index contributed by atoms with van der Waals surface area (Å²) in [6.45, 7) is 3.51. The molecule has 3 N–H and O–H groups in total. The number of thioether (sulfide) groups is 1. The molecule has 2 saturated heterocycles. The van der Waals surface area contributed by atoms with Gasteiger partial charge in [0, 0.05) is 17.7 Å². The Morgan fingerprint density at radius 3 is 2.86 bits per heavy atom. The van der Waals surface area contributed by atoms with Crippen molar-refractivity contribution in [1.82, 2.24) is 15.2 Å². The minimum atomic E-state index is -1.30. The number of oxime groups is 1. The summed E-state index contributed by atoms with van der Waals surface area (Å²) in [5.74, 6) is -2.11. The third-order valence-electron chi connectivity index (χ3n) is 4.35. The fourth-order valence-corrected chi connectivity index (χ4v) is 4.90. The van der Waals surface area contributed by atoms with Crippen molar-refractivity contribution >= 4 is 51.7 Å². The van der Waals surface area contributed by atoms with Gasteiger partial charge in [-0.05, 0) is 0 Å². The van der Waals surface area contributed by atoms with Crippen molar-refractivity contribution in [3.05, 3.63) is 23.7 Å². The number of aliphatic carboxylic acids is 1. The molecule has 2 aliphatic rings. The number of aromatic nitrogens is 1. The van der Waals surface area contributed by atoms with E-state index >= 15 is 0 Å². The average molecular weight is 433 g/mol. The summed E-state index contributed by atoms with van der Waals surface area (Å²) >= 11 is 2.38. The van der Waals surface area contributed by atoms with E-state index in [1.54, 1.807) is 5.38 Å². The van der Waals surface area contributed by atoms with Gasteiger partial charge < -0.3 is 30.7 Å². The Hall–Kier alpha value is -1.60. The summed E-state index contributed by atoms with van der Waals surface area (Å²) in [4.78, 5) is 46.5. The van der Waals surface area contributed by atoms with Gasteiger partial charge in [0.15, 0.2) is 10.8 Å². The van der Waals surface area contributed by atoms with Crippen LogP contribution in [0.1, 0.15) is 5.69 Å². The van der Waals surface area contributed by atoms with E-state index < -0.39 is 23.3 Å². The van der Waals surface area contributed by atoms with Crippen LogP contribution < -0.4 is 45.7 Å². The number of rotatable bonds is 6. The molecule has 0 aromatic carbocycles. The number of carboxylic acid groups (broad SMARTS) is 1. The van der Waals surface area contributed by atoms with E-state index in [4.69, 9.17) is 10.6 Å². The molecule has 2 amide bonds. The first-order valence-electron chi connectivity index (χ1n) is 7.73. The zero-order chi connectivity index (χ0) is 19.8. The van der Waals surface area contributed by atoms with E-state index in [0.717, 1.165) is 11.3 Å². The van der Waals surface area contributed by atoms with Gasteiger partial charge in [0.2, 0.25) is 5.91 Å². The van der Waals surface area contributed by atoms with Gasteiger partial charge in [0.1, 0.15) is 24.2 Å². The molecule has 0 saturated carbocycles. The molecule has 3 heterocycles. The molecule has 13 heteroatoms. The van der Waals surface area contributed by atoms with Crippen LogP contribution in [0.2, 0.25) is 0 Å². The van der Waals surface area contributed by atoms with Crippen LogP contribution in [0.15, 0.2) is 23.2 Å². The maximum atomic E-state index is 12.6. The van der Waals surface area contributed by atoms with Crippen molar-refractivity contribution in [2.45, 2.75) is 11.4 Å². The topological polar surface area (TPSA) is 150 Å². The number of nitrogens with two attached hydrogens (primary N) is 1. The van der Waals surface area contributed by atoms with Crippen molar-refractivity contribution in [2.24, 2.45) is 10.6 Å². The van der Waals surface area contributed by atoms with E-state index in [-0.39, 0.29) is 69.7 Å². The number of nitrogens with one attached hydrogen (secondary N) is 1. The summed E-state index contributed by atoms with van der Waals surface area (Å²) < 4.78 is 0. The van der Waals surface area contributed by atoms with E-state index in [1.807, 2.05) is 0 Å². The standard InChI is InChI=1S/C15H17N5O5S2.Na/c1-3-15(13(23)24)5-20-11(22)9(12(20)27-6-15)18-10(21)8(19-25-2)7-4-26-14(16)17-7;/h3-4,9,12H,1,5-6H2,2H3,(H2,16,17)(H,18,21)(H,23,24);/q;+1/p-1/t9?,12-,15?;/m1./s1. The molecule has 2 fully saturated rings. The third-order valence-corrected chi connectivity index (χ3v) is 6.58. The first-order valence-corrected chi connectivity index (χ1v) is 9.66. The second-order valence-corrected chi connectivity index (χ2v) is 7.95. The number of β-lactam (4-membered cyclic amide) rings is 1. The van der Waals surface area contributed by atoms with Crippen molar-refractivity contribution < 1.29 is 53.9 Å². The Kier molecular flexibility index (Phi) is 7.15. The Bertz CT molecular complexity index is 847. The smallest absolute Gasteiger partial charge is 0.549 e. The zero-order valence-electron chi connectivity index (χ0n) is 15.2. The van der Waals surface area contributed by atoms with Crippen molar-refractivity contribution in [3.8, 4) is 0 Å². The quantitative estimate of drug-likeness (QED) is 0.150. The molecular weight excluding hydrogens is 417 g/mol. The van der Waals surface area contributed by atoms with E-state index in [0.29, 0.717) is 0 Å². The van der Waals surface area contributed by atoms with E-state index in [9.17, 15) is 19.5 Å². The number of carbonyl (C=O) groups is 3. The molecule has 3 atom stereocenters. The summed E-state index contributed by atoms with van der Waals surface area (Å²) in [6, 6.07) is -0.801. The second-order valence-electron chi connectivity index (χ2n) is 5.96. The molecule has 1 aromatic heterocycles. The Balaban J connectivity index is 0.00000280. The number of fused-ring (bicyclic) bond motifs is 1. The van der Waals surface area contributed by atoms with Crippen LogP contribution in [0.3, 0.4) is 0 Å². The molecule has 10 nitrogen and oxygen atoms in total. The molecule has 2 aliphatic heterocycles. The van der Waals surface area contributed by atoms with Gasteiger partial charge in [-0.3, -0.25) is 9.59 Å². The van der Waals surface area contributed by atoms with Gasteiger partial charge in [-0.1, -0.05) is 11.2 Å². The van der Waals surface area contributed by atoms with E-state index in [2.05, 4.69) is 22.0 Å². The van der Waals surface area contributed by atoms with Gasteiger partial charge in [-0.15, -0.1) is 29.7 Å². The van der Waals surface area contributed by atoms with Crippen molar-refractivity contribution in [3.63, 3.8) is 0 Å². The first kappa shape index (κ1) is 22.7. The number of thiazole rings is 1. The fourth-order valence-electron chi connectivity index (χ4n) is 2.83. The number of hydrogen-bond donors (Lipinski definition) is 2. The van der Waals surface area contributed by atoms with Crippen LogP contribution in [0.4, 0.5) is 5.13 Å². The minimum Gasteiger partial charge on any atom is -0.549 e. The number of carboxylic acids is 1. The number of carbonyl (C=O) groups excluding carboxylic acids is 3. The molecule has 28 heavy (non-hydrogen) atoms. The predicted octanol–water partition coefficient (Wildman–Crippen LogP) is -4.60. The molecule has 2 unspecified atom stereocenters. The molecule has 0 bridgehead atoms. The summed E-state index contributed by atoms with van der Waals surface area (Å²) in [5, 5.41) is 19.1. The number of nitrogen functional groups attached to an aromatic ring is 1. The van der Waals surface area contributed by atoms with Gasteiger partial charge >= 0.3 is 29.6 Å². The van der Waals surface area contributed by atoms with Gasteiger partial charge in [-0.2, -0.15) is 0 Å². The van der Waals surface area contributed by atoms with Crippen LogP contribution in [-0.2, 0) is 19.2 Å². The minimum absolute atomic E-state index is 0. The Morgan fingerprint density at radius 2 is 2.32 bits per heavy atom. The van der Waals surface area contributed by atoms with Crippen molar-refractivity contribution in [2.75, 3.05) is 25.1 Å². The van der Waals surface area contributed by atoms with Crippen molar-refractivity contribution in [1.29, 1.82) is 0 Å². The maximum absolute atomic E-state index is 12.6. The molecule has 0 radical (unpaired) electrons. The molecule has 0 aliphatic carbocycles. The van der Waals surface area contributed by atoms with Gasteiger partial charge in [0.25, 0.3) is 5.91 Å². The Labute approximate surface area is 190 Å². The predicted molar refractivity (Wildman–Crippen MR) is 97.6 cm³/mol. The van der Waals surface area contributed by atoms with Gasteiger partial charge in [0.05, 0.1) is 11.4 Å². The van der Waals surface area contributed by atoms with E-state index in [1.165, 1.54) is 29.8 Å². The van der Waals surface area contributed by atoms with Crippen LogP contribution in [0, 0.1) is 5.41 Å². The van der Waals surface area contributed by atoms with Crippen LogP contribution in [-0.4, -0.2) is 64.2 Å². The fraction of sp³-hybridized carbons (Fsp3) is 0.400. The SMILES string of the molecule is C=CC1(C(=O)[O-])CS[C@@H]2C(NC(=O)C(=NOC)c3csc(N)n3)C(=O)N2C1.[Na+]. The Morgan fingerprint density at radius 1 is 1.61 bits per heavy atom. The molecular formula is C15H16N5NaO5S2. The van der Waals surface area contributed by atoms with Crippen LogP contribution in [0.25, 0.3) is 0 Å². The monoisotopic (exact) mass is 433 g/mol.